The Labute approximate surface area is 131 Å². The molecule has 0 atom stereocenters. The highest BCUT2D eigenvalue weighted by Crippen LogP contribution is 2.23. The molecule has 0 saturated heterocycles. The van der Waals surface area contributed by atoms with E-state index in [0.29, 0.717) is 10.5 Å². The lowest BCUT2D eigenvalue weighted by atomic mass is 10.1. The van der Waals surface area contributed by atoms with Gasteiger partial charge in [0.15, 0.2) is 4.80 Å². The van der Waals surface area contributed by atoms with Gasteiger partial charge in [0.05, 0.1) is 15.9 Å². The zero-order valence-electron chi connectivity index (χ0n) is 13.0. The van der Waals surface area contributed by atoms with Gasteiger partial charge >= 0.3 is 5.91 Å². The fraction of sp³-hybridized carbons (Fsp3) is 0.312. The third-order valence-corrected chi connectivity index (χ3v) is 4.70. The molecule has 0 radical (unpaired) electrons. The van der Waals surface area contributed by atoms with E-state index in [2.05, 4.69) is 40.7 Å². The first-order chi connectivity index (χ1) is 10.5. The molecule has 3 aromatic rings. The second-order valence-electron chi connectivity index (χ2n) is 5.31. The largest absolute Gasteiger partial charge is 0.351 e. The van der Waals surface area contributed by atoms with Crippen LogP contribution in [0.2, 0.25) is 0 Å². The van der Waals surface area contributed by atoms with Crippen LogP contribution in [0, 0.1) is 20.8 Å². The number of benzene rings is 1. The highest BCUT2D eigenvalue weighted by molar-refractivity contribution is 7.16. The lowest BCUT2D eigenvalue weighted by molar-refractivity contribution is 0.0962. The quantitative estimate of drug-likeness (QED) is 0.728. The molecule has 1 aromatic carbocycles. The van der Waals surface area contributed by atoms with E-state index >= 15 is 0 Å². The van der Waals surface area contributed by atoms with Gasteiger partial charge in [-0.05, 0) is 44.9 Å². The SMILES string of the molecule is CCn1c(=NC(=O)c2cc(C)no2)sc2c(C)cc(C)cc21. The molecular formula is C16H17N3O2S. The fourth-order valence-corrected chi connectivity index (χ4v) is 3.65. The Kier molecular flexibility index (Phi) is 3.70. The molecule has 5 nitrogen and oxygen atoms in total. The minimum absolute atomic E-state index is 0.172. The summed E-state index contributed by atoms with van der Waals surface area (Å²) in [5, 5.41) is 3.73. The van der Waals surface area contributed by atoms with E-state index in [9.17, 15) is 4.79 Å². The van der Waals surface area contributed by atoms with E-state index in [1.807, 2.05) is 6.92 Å². The van der Waals surface area contributed by atoms with Crippen LogP contribution in [0.4, 0.5) is 0 Å². The monoisotopic (exact) mass is 315 g/mol. The summed E-state index contributed by atoms with van der Waals surface area (Å²) in [5.74, 6) is -0.228. The second-order valence-corrected chi connectivity index (χ2v) is 6.29. The molecule has 3 rings (SSSR count). The maximum Gasteiger partial charge on any atom is 0.318 e. The van der Waals surface area contributed by atoms with Crippen molar-refractivity contribution >= 4 is 27.5 Å². The van der Waals surface area contributed by atoms with Crippen molar-refractivity contribution in [2.75, 3.05) is 0 Å². The number of thiazole rings is 1. The van der Waals surface area contributed by atoms with Crippen molar-refractivity contribution < 1.29 is 9.32 Å². The number of fused-ring (bicyclic) bond motifs is 1. The molecular weight excluding hydrogens is 298 g/mol. The van der Waals surface area contributed by atoms with Crippen LogP contribution in [0.25, 0.3) is 10.2 Å². The zero-order valence-corrected chi connectivity index (χ0v) is 13.8. The van der Waals surface area contributed by atoms with Gasteiger partial charge in [-0.3, -0.25) is 4.79 Å². The van der Waals surface area contributed by atoms with E-state index in [1.165, 1.54) is 22.5 Å². The van der Waals surface area contributed by atoms with Crippen LogP contribution in [-0.2, 0) is 6.54 Å². The van der Waals surface area contributed by atoms with Crippen molar-refractivity contribution in [1.29, 1.82) is 0 Å². The summed E-state index contributed by atoms with van der Waals surface area (Å²) in [6.07, 6.45) is 0. The molecule has 0 saturated carbocycles. The van der Waals surface area contributed by atoms with Gasteiger partial charge in [-0.1, -0.05) is 22.6 Å². The minimum Gasteiger partial charge on any atom is -0.351 e. The second kappa shape index (κ2) is 5.53. The molecule has 0 spiro atoms. The zero-order chi connectivity index (χ0) is 15.9. The first-order valence-corrected chi connectivity index (χ1v) is 7.94. The first-order valence-electron chi connectivity index (χ1n) is 7.12. The van der Waals surface area contributed by atoms with E-state index in [4.69, 9.17) is 4.52 Å². The molecule has 22 heavy (non-hydrogen) atoms. The van der Waals surface area contributed by atoms with Crippen LogP contribution in [0.1, 0.15) is 34.3 Å². The highest BCUT2D eigenvalue weighted by Gasteiger charge is 2.13. The third-order valence-electron chi connectivity index (χ3n) is 3.47. The van der Waals surface area contributed by atoms with Crippen LogP contribution in [-0.4, -0.2) is 15.6 Å². The predicted molar refractivity (Wildman–Crippen MR) is 86.1 cm³/mol. The molecule has 0 aliphatic heterocycles. The predicted octanol–water partition coefficient (Wildman–Crippen LogP) is 3.38. The summed E-state index contributed by atoms with van der Waals surface area (Å²) in [4.78, 5) is 17.1. The first kappa shape index (κ1) is 14.7. The average Bonchev–Trinajstić information content (AvgIpc) is 3.02. The Hall–Kier alpha value is -2.21. The van der Waals surface area contributed by atoms with Gasteiger partial charge in [0.25, 0.3) is 0 Å². The van der Waals surface area contributed by atoms with Crippen LogP contribution >= 0.6 is 11.3 Å². The van der Waals surface area contributed by atoms with Gasteiger partial charge in [-0.2, -0.15) is 4.99 Å². The average molecular weight is 315 g/mol. The maximum absolute atomic E-state index is 12.2. The molecule has 2 heterocycles. The van der Waals surface area contributed by atoms with E-state index in [0.717, 1.165) is 16.8 Å². The summed E-state index contributed by atoms with van der Waals surface area (Å²) in [6.45, 7) is 8.73. The highest BCUT2D eigenvalue weighted by atomic mass is 32.1. The Morgan fingerprint density at radius 1 is 1.32 bits per heavy atom. The van der Waals surface area contributed by atoms with Crippen LogP contribution in [0.3, 0.4) is 0 Å². The Bertz CT molecular complexity index is 931. The number of nitrogens with zero attached hydrogens (tertiary/aromatic N) is 3. The van der Waals surface area contributed by atoms with E-state index < -0.39 is 5.91 Å². The summed E-state index contributed by atoms with van der Waals surface area (Å²) in [7, 11) is 0. The maximum atomic E-state index is 12.2. The molecule has 1 amide bonds. The van der Waals surface area contributed by atoms with Crippen molar-refractivity contribution in [1.82, 2.24) is 9.72 Å². The van der Waals surface area contributed by atoms with Gasteiger partial charge in [-0.15, -0.1) is 0 Å². The summed E-state index contributed by atoms with van der Waals surface area (Å²) < 4.78 is 8.21. The Morgan fingerprint density at radius 2 is 2.09 bits per heavy atom. The Morgan fingerprint density at radius 3 is 2.73 bits per heavy atom. The van der Waals surface area contributed by atoms with Gasteiger partial charge in [-0.25, -0.2) is 0 Å². The number of rotatable bonds is 2. The molecule has 0 N–H and O–H groups in total. The topological polar surface area (TPSA) is 60.4 Å². The number of carbonyl (C=O) groups excluding carboxylic acids is 1. The summed E-state index contributed by atoms with van der Waals surface area (Å²) >= 11 is 1.53. The van der Waals surface area contributed by atoms with Gasteiger partial charge in [0, 0.05) is 12.6 Å². The standard InChI is InChI=1S/C16H17N3O2S/c1-5-19-12-7-9(2)6-10(3)14(12)22-16(19)17-15(20)13-8-11(4)18-21-13/h6-8H,5H2,1-4H3. The third kappa shape index (κ3) is 2.50. The summed E-state index contributed by atoms with van der Waals surface area (Å²) in [5.41, 5.74) is 4.19. The summed E-state index contributed by atoms with van der Waals surface area (Å²) in [6, 6.07) is 5.87. The lowest BCUT2D eigenvalue weighted by Crippen LogP contribution is -2.15. The molecule has 0 aliphatic rings. The van der Waals surface area contributed by atoms with Gasteiger partial charge in [0.1, 0.15) is 0 Å². The molecule has 6 heteroatoms. The van der Waals surface area contributed by atoms with Crippen molar-refractivity contribution in [2.24, 2.45) is 4.99 Å². The number of aryl methyl sites for hydroxylation is 4. The number of hydrogen-bond acceptors (Lipinski definition) is 4. The molecule has 0 aliphatic carbocycles. The lowest BCUT2D eigenvalue weighted by Gasteiger charge is -2.02. The molecule has 114 valence electrons. The van der Waals surface area contributed by atoms with Crippen molar-refractivity contribution in [3.8, 4) is 0 Å². The Balaban J connectivity index is 2.20. The number of amides is 1. The molecule has 0 fully saturated rings. The molecule has 0 bridgehead atoms. The van der Waals surface area contributed by atoms with Gasteiger partial charge in [0.2, 0.25) is 5.76 Å². The smallest absolute Gasteiger partial charge is 0.318 e. The normalized spacial score (nSPS) is 12.3. The van der Waals surface area contributed by atoms with E-state index in [-0.39, 0.29) is 5.76 Å². The molecule has 0 unspecified atom stereocenters. The van der Waals surface area contributed by atoms with Crippen LogP contribution in [0.15, 0.2) is 27.7 Å². The number of hydrogen-bond donors (Lipinski definition) is 0. The van der Waals surface area contributed by atoms with Crippen LogP contribution < -0.4 is 4.80 Å². The van der Waals surface area contributed by atoms with Crippen molar-refractivity contribution in [2.45, 2.75) is 34.2 Å². The van der Waals surface area contributed by atoms with Crippen molar-refractivity contribution in [3.63, 3.8) is 0 Å². The van der Waals surface area contributed by atoms with E-state index in [1.54, 1.807) is 13.0 Å². The number of carbonyl (C=O) groups is 1. The minimum atomic E-state index is -0.399. The van der Waals surface area contributed by atoms with Crippen LogP contribution in [0.5, 0.6) is 0 Å². The molecule has 2 aromatic heterocycles. The fourth-order valence-electron chi connectivity index (χ4n) is 2.51. The van der Waals surface area contributed by atoms with Crippen molar-refractivity contribution in [3.05, 3.63) is 45.6 Å². The van der Waals surface area contributed by atoms with Gasteiger partial charge < -0.3 is 9.09 Å². The number of aromatic nitrogens is 2.